The van der Waals surface area contributed by atoms with Gasteiger partial charge in [0, 0.05) is 17.9 Å². The Kier molecular flexibility index (Phi) is 3.11. The first-order valence-corrected chi connectivity index (χ1v) is 5.52. The molecule has 0 unspecified atom stereocenters. The van der Waals surface area contributed by atoms with E-state index in [2.05, 4.69) is 42.7 Å². The predicted octanol–water partition coefficient (Wildman–Crippen LogP) is 2.65. The van der Waals surface area contributed by atoms with Gasteiger partial charge < -0.3 is 9.67 Å². The summed E-state index contributed by atoms with van der Waals surface area (Å²) in [5, 5.41) is 9.09. The van der Waals surface area contributed by atoms with Crippen molar-refractivity contribution in [1.29, 1.82) is 0 Å². The molecule has 84 valence electrons. The highest BCUT2D eigenvalue weighted by Gasteiger charge is 2.02. The Morgan fingerprint density at radius 2 is 1.62 bits per heavy atom. The van der Waals surface area contributed by atoms with Gasteiger partial charge in [-0.1, -0.05) is 24.3 Å². The van der Waals surface area contributed by atoms with Crippen molar-refractivity contribution >= 4 is 0 Å². The minimum Gasteiger partial charge on any atom is -0.392 e. The van der Waals surface area contributed by atoms with Crippen LogP contribution in [0.5, 0.6) is 0 Å². The van der Waals surface area contributed by atoms with E-state index in [1.807, 2.05) is 12.1 Å². The van der Waals surface area contributed by atoms with E-state index in [1.165, 1.54) is 17.0 Å². The fourth-order valence-electron chi connectivity index (χ4n) is 1.96. The third-order valence-electron chi connectivity index (χ3n) is 2.93. The molecule has 1 aromatic carbocycles. The van der Waals surface area contributed by atoms with Crippen LogP contribution >= 0.6 is 0 Å². The van der Waals surface area contributed by atoms with E-state index in [0.29, 0.717) is 0 Å². The zero-order valence-corrected chi connectivity index (χ0v) is 9.77. The average Bonchev–Trinajstić information content (AvgIpc) is 2.61. The first-order valence-electron chi connectivity index (χ1n) is 5.52. The Balaban J connectivity index is 2.27. The molecule has 0 bridgehead atoms. The molecule has 0 aliphatic heterocycles. The van der Waals surface area contributed by atoms with Gasteiger partial charge in [0.1, 0.15) is 0 Å². The van der Waals surface area contributed by atoms with Gasteiger partial charge in [-0.05, 0) is 37.1 Å². The summed E-state index contributed by atoms with van der Waals surface area (Å²) in [7, 11) is 0. The van der Waals surface area contributed by atoms with E-state index in [9.17, 15) is 0 Å². The summed E-state index contributed by atoms with van der Waals surface area (Å²) in [6.07, 6.45) is 0. The molecule has 0 spiro atoms. The van der Waals surface area contributed by atoms with Crippen molar-refractivity contribution in [2.75, 3.05) is 0 Å². The minimum absolute atomic E-state index is 0.109. The molecule has 0 saturated carbocycles. The van der Waals surface area contributed by atoms with Crippen LogP contribution in [0.25, 0.3) is 0 Å². The van der Waals surface area contributed by atoms with E-state index in [0.717, 1.165) is 12.1 Å². The molecule has 0 aliphatic rings. The zero-order chi connectivity index (χ0) is 11.5. The Bertz CT molecular complexity index is 466. The SMILES string of the molecule is Cc1ccc(C)n1Cc1cccc(CO)c1. The number of nitrogens with zero attached hydrogens (tertiary/aromatic N) is 1. The van der Waals surface area contributed by atoms with Gasteiger partial charge >= 0.3 is 0 Å². The van der Waals surface area contributed by atoms with Crippen molar-refractivity contribution in [1.82, 2.24) is 4.57 Å². The predicted molar refractivity (Wildman–Crippen MR) is 65.4 cm³/mol. The molecule has 1 aromatic heterocycles. The number of aliphatic hydroxyl groups is 1. The minimum atomic E-state index is 0.109. The summed E-state index contributed by atoms with van der Waals surface area (Å²) >= 11 is 0. The van der Waals surface area contributed by atoms with Gasteiger partial charge in [0.2, 0.25) is 0 Å². The third-order valence-corrected chi connectivity index (χ3v) is 2.93. The maximum atomic E-state index is 9.09. The lowest BCUT2D eigenvalue weighted by Gasteiger charge is -2.10. The number of hydrogen-bond acceptors (Lipinski definition) is 1. The highest BCUT2D eigenvalue weighted by atomic mass is 16.3. The fraction of sp³-hybridized carbons (Fsp3) is 0.286. The number of rotatable bonds is 3. The smallest absolute Gasteiger partial charge is 0.0681 e. The van der Waals surface area contributed by atoms with E-state index in [1.54, 1.807) is 0 Å². The van der Waals surface area contributed by atoms with Crippen LogP contribution in [0.3, 0.4) is 0 Å². The zero-order valence-electron chi connectivity index (χ0n) is 9.77. The van der Waals surface area contributed by atoms with Crippen molar-refractivity contribution in [2.24, 2.45) is 0 Å². The van der Waals surface area contributed by atoms with Crippen LogP contribution in [-0.4, -0.2) is 9.67 Å². The summed E-state index contributed by atoms with van der Waals surface area (Å²) in [6.45, 7) is 5.21. The van der Waals surface area contributed by atoms with E-state index < -0.39 is 0 Å². The van der Waals surface area contributed by atoms with Gasteiger partial charge in [0.05, 0.1) is 6.61 Å². The van der Waals surface area contributed by atoms with Crippen LogP contribution in [-0.2, 0) is 13.2 Å². The third kappa shape index (κ3) is 2.17. The maximum Gasteiger partial charge on any atom is 0.0681 e. The van der Waals surface area contributed by atoms with Crippen LogP contribution in [0, 0.1) is 13.8 Å². The van der Waals surface area contributed by atoms with Gasteiger partial charge in [-0.2, -0.15) is 0 Å². The first-order chi connectivity index (χ1) is 7.70. The Morgan fingerprint density at radius 3 is 2.25 bits per heavy atom. The van der Waals surface area contributed by atoms with Crippen molar-refractivity contribution in [3.8, 4) is 0 Å². The lowest BCUT2D eigenvalue weighted by molar-refractivity contribution is 0.281. The normalized spacial score (nSPS) is 10.7. The van der Waals surface area contributed by atoms with Crippen LogP contribution in [0.1, 0.15) is 22.5 Å². The number of benzene rings is 1. The van der Waals surface area contributed by atoms with Gasteiger partial charge in [0.25, 0.3) is 0 Å². The molecule has 2 rings (SSSR count). The molecule has 1 N–H and O–H groups in total. The summed E-state index contributed by atoms with van der Waals surface area (Å²) in [5.74, 6) is 0. The second-order valence-electron chi connectivity index (χ2n) is 4.18. The van der Waals surface area contributed by atoms with Gasteiger partial charge in [0.15, 0.2) is 0 Å². The Morgan fingerprint density at radius 1 is 1.00 bits per heavy atom. The molecule has 0 aliphatic carbocycles. The summed E-state index contributed by atoms with van der Waals surface area (Å²) in [4.78, 5) is 0. The molecular weight excluding hydrogens is 198 g/mol. The van der Waals surface area contributed by atoms with Crippen molar-refractivity contribution in [3.05, 3.63) is 58.9 Å². The molecule has 16 heavy (non-hydrogen) atoms. The van der Waals surface area contributed by atoms with Crippen molar-refractivity contribution < 1.29 is 5.11 Å². The quantitative estimate of drug-likeness (QED) is 0.836. The molecule has 0 radical (unpaired) electrons. The second-order valence-corrected chi connectivity index (χ2v) is 4.18. The average molecular weight is 215 g/mol. The van der Waals surface area contributed by atoms with Crippen LogP contribution in [0.2, 0.25) is 0 Å². The van der Waals surface area contributed by atoms with Crippen LogP contribution in [0.15, 0.2) is 36.4 Å². The van der Waals surface area contributed by atoms with E-state index >= 15 is 0 Å². The molecule has 2 aromatic rings. The molecule has 2 heteroatoms. The molecule has 0 amide bonds. The molecule has 0 atom stereocenters. The first kappa shape index (κ1) is 11.0. The standard InChI is InChI=1S/C14H17NO/c1-11-6-7-12(2)15(11)9-13-4-3-5-14(8-13)10-16/h3-8,16H,9-10H2,1-2H3. The number of aliphatic hydroxyl groups excluding tert-OH is 1. The Labute approximate surface area is 96.2 Å². The molecule has 0 saturated heterocycles. The molecule has 0 fully saturated rings. The lowest BCUT2D eigenvalue weighted by atomic mass is 10.1. The highest BCUT2D eigenvalue weighted by Crippen LogP contribution is 2.12. The molecule has 2 nitrogen and oxygen atoms in total. The largest absolute Gasteiger partial charge is 0.392 e. The topological polar surface area (TPSA) is 25.2 Å². The van der Waals surface area contributed by atoms with Gasteiger partial charge in [-0.15, -0.1) is 0 Å². The lowest BCUT2D eigenvalue weighted by Crippen LogP contribution is -2.03. The van der Waals surface area contributed by atoms with Gasteiger partial charge in [-0.3, -0.25) is 0 Å². The molecule has 1 heterocycles. The highest BCUT2D eigenvalue weighted by molar-refractivity contribution is 5.25. The monoisotopic (exact) mass is 215 g/mol. The van der Waals surface area contributed by atoms with Crippen molar-refractivity contribution in [3.63, 3.8) is 0 Å². The second kappa shape index (κ2) is 4.54. The number of aryl methyl sites for hydroxylation is 2. The molecular formula is C14H17NO. The summed E-state index contributed by atoms with van der Waals surface area (Å²) < 4.78 is 2.27. The summed E-state index contributed by atoms with van der Waals surface area (Å²) in [5.41, 5.74) is 4.74. The number of aromatic nitrogens is 1. The van der Waals surface area contributed by atoms with E-state index in [-0.39, 0.29) is 6.61 Å². The Hall–Kier alpha value is -1.54. The van der Waals surface area contributed by atoms with Crippen LogP contribution in [0.4, 0.5) is 0 Å². The fourth-order valence-corrected chi connectivity index (χ4v) is 1.96. The summed E-state index contributed by atoms with van der Waals surface area (Å²) in [6, 6.07) is 12.3. The van der Waals surface area contributed by atoms with Gasteiger partial charge in [-0.25, -0.2) is 0 Å². The van der Waals surface area contributed by atoms with Crippen molar-refractivity contribution in [2.45, 2.75) is 27.0 Å². The maximum absolute atomic E-state index is 9.09. The van der Waals surface area contributed by atoms with E-state index in [4.69, 9.17) is 5.11 Å². The number of hydrogen-bond donors (Lipinski definition) is 1. The van der Waals surface area contributed by atoms with Crippen LogP contribution < -0.4 is 0 Å².